The third-order valence-corrected chi connectivity index (χ3v) is 9.19. The number of carbonyl (C=O) groups is 1. The number of allylic oxidation sites excluding steroid dienone is 1. The van der Waals surface area contributed by atoms with Gasteiger partial charge < -0.3 is 5.11 Å². The lowest BCUT2D eigenvalue weighted by Gasteiger charge is -2.59. The van der Waals surface area contributed by atoms with Crippen LogP contribution in [0.15, 0.2) is 11.6 Å². The van der Waals surface area contributed by atoms with Crippen LogP contribution in [0, 0.1) is 40.4 Å². The Morgan fingerprint density at radius 3 is 2.58 bits per heavy atom. The summed E-state index contributed by atoms with van der Waals surface area (Å²) in [5.41, 5.74) is 1.97. The molecule has 5 aliphatic carbocycles. The van der Waals surface area contributed by atoms with Crippen molar-refractivity contribution in [3.8, 4) is 0 Å². The van der Waals surface area contributed by atoms with Crippen molar-refractivity contribution in [2.45, 2.75) is 77.7 Å². The van der Waals surface area contributed by atoms with E-state index < -0.39 is 0 Å². The fraction of sp³-hybridized carbons (Fsp3) is 0.864. The van der Waals surface area contributed by atoms with Crippen LogP contribution in [0.4, 0.5) is 0 Å². The van der Waals surface area contributed by atoms with Crippen LogP contribution in [0.2, 0.25) is 0 Å². The molecule has 0 spiro atoms. The second kappa shape index (κ2) is 4.96. The van der Waals surface area contributed by atoms with E-state index >= 15 is 0 Å². The van der Waals surface area contributed by atoms with Crippen LogP contribution in [0.1, 0.15) is 71.6 Å². The lowest BCUT2D eigenvalue weighted by atomic mass is 9.45. The van der Waals surface area contributed by atoms with Gasteiger partial charge in [-0.1, -0.05) is 19.4 Å². The molecule has 132 valence electrons. The summed E-state index contributed by atoms with van der Waals surface area (Å²) in [4.78, 5) is 12.2. The molecule has 24 heavy (non-hydrogen) atoms. The van der Waals surface area contributed by atoms with Gasteiger partial charge in [-0.15, -0.1) is 0 Å². The molecular weight excluding hydrogens is 296 g/mol. The fourth-order valence-electron chi connectivity index (χ4n) is 7.61. The van der Waals surface area contributed by atoms with Crippen molar-refractivity contribution >= 4 is 5.78 Å². The number of aliphatic hydroxyl groups excluding tert-OH is 1. The van der Waals surface area contributed by atoms with Gasteiger partial charge in [-0.25, -0.2) is 0 Å². The average molecular weight is 328 g/mol. The normalized spacial score (nSPS) is 53.9. The first kappa shape index (κ1) is 15.6. The molecule has 0 aliphatic heterocycles. The van der Waals surface area contributed by atoms with Crippen molar-refractivity contribution in [3.05, 3.63) is 11.6 Å². The zero-order valence-corrected chi connectivity index (χ0v) is 15.3. The predicted molar refractivity (Wildman–Crippen MR) is 94.3 cm³/mol. The Morgan fingerprint density at radius 1 is 1.04 bits per heavy atom. The summed E-state index contributed by atoms with van der Waals surface area (Å²) in [6.07, 6.45) is 12.6. The van der Waals surface area contributed by atoms with E-state index in [4.69, 9.17) is 0 Å². The van der Waals surface area contributed by atoms with E-state index in [0.717, 1.165) is 37.0 Å². The summed E-state index contributed by atoms with van der Waals surface area (Å²) in [6.45, 7) is 4.86. The van der Waals surface area contributed by atoms with Crippen molar-refractivity contribution in [2.75, 3.05) is 0 Å². The van der Waals surface area contributed by atoms with Crippen LogP contribution in [-0.4, -0.2) is 17.0 Å². The minimum absolute atomic E-state index is 0.0829. The predicted octanol–water partition coefficient (Wildman–Crippen LogP) is 4.52. The van der Waals surface area contributed by atoms with Gasteiger partial charge >= 0.3 is 0 Å². The third-order valence-electron chi connectivity index (χ3n) is 9.19. The molecule has 0 bridgehead atoms. The van der Waals surface area contributed by atoms with E-state index in [-0.39, 0.29) is 16.9 Å². The fourth-order valence-corrected chi connectivity index (χ4v) is 7.61. The molecular formula is C22H32O2. The molecule has 1 N–H and O–H groups in total. The van der Waals surface area contributed by atoms with E-state index in [9.17, 15) is 9.90 Å². The van der Waals surface area contributed by atoms with Crippen LogP contribution in [0.25, 0.3) is 0 Å². The lowest BCUT2D eigenvalue weighted by Crippen LogP contribution is -2.53. The van der Waals surface area contributed by atoms with Gasteiger partial charge in [0.15, 0.2) is 5.78 Å². The van der Waals surface area contributed by atoms with Crippen LogP contribution < -0.4 is 0 Å². The molecule has 2 unspecified atom stereocenters. The molecule has 2 heteroatoms. The Kier molecular flexibility index (Phi) is 3.23. The van der Waals surface area contributed by atoms with Gasteiger partial charge in [0.2, 0.25) is 0 Å². The number of rotatable bonds is 1. The van der Waals surface area contributed by atoms with Crippen LogP contribution >= 0.6 is 0 Å². The quantitative estimate of drug-likeness (QED) is 0.768. The van der Waals surface area contributed by atoms with E-state index in [2.05, 4.69) is 19.9 Å². The zero-order valence-electron chi connectivity index (χ0n) is 15.3. The van der Waals surface area contributed by atoms with E-state index in [1.54, 1.807) is 5.57 Å². The van der Waals surface area contributed by atoms with Crippen molar-refractivity contribution in [1.29, 1.82) is 0 Å². The highest BCUT2D eigenvalue weighted by atomic mass is 16.3. The highest BCUT2D eigenvalue weighted by Gasteiger charge is 2.61. The number of hydrogen-bond donors (Lipinski definition) is 1. The third kappa shape index (κ3) is 1.95. The minimum atomic E-state index is -0.0829. The van der Waals surface area contributed by atoms with E-state index in [1.807, 2.05) is 0 Å². The standard InChI is InChI=1S/C22H32O2/c1-21-9-7-14(23)11-19(21)15(13-3-4-13)12-16-17-5-6-20(24)22(17,2)10-8-18(16)21/h11,13,15-18,20,24H,3-10,12H2,1-2H3/t15?,16-,17-,18-,20?,21+,22-/m0/s1. The molecule has 4 saturated carbocycles. The average Bonchev–Trinajstić information content (AvgIpc) is 3.34. The first-order chi connectivity index (χ1) is 11.4. The van der Waals surface area contributed by atoms with Gasteiger partial charge in [0, 0.05) is 6.42 Å². The summed E-state index contributed by atoms with van der Waals surface area (Å²) in [6, 6.07) is 0. The summed E-state index contributed by atoms with van der Waals surface area (Å²) in [7, 11) is 0. The van der Waals surface area contributed by atoms with Gasteiger partial charge in [0.05, 0.1) is 6.10 Å². The smallest absolute Gasteiger partial charge is 0.155 e. The summed E-state index contributed by atoms with van der Waals surface area (Å²) < 4.78 is 0. The Bertz CT molecular complexity index is 603. The zero-order chi connectivity index (χ0) is 16.7. The van der Waals surface area contributed by atoms with E-state index in [1.165, 1.54) is 38.5 Å². The summed E-state index contributed by atoms with van der Waals surface area (Å²) in [5, 5.41) is 10.6. The van der Waals surface area contributed by atoms with Crippen molar-refractivity contribution in [3.63, 3.8) is 0 Å². The molecule has 0 saturated heterocycles. The Labute approximate surface area is 146 Å². The summed E-state index contributed by atoms with van der Waals surface area (Å²) >= 11 is 0. The van der Waals surface area contributed by atoms with Crippen LogP contribution in [0.5, 0.6) is 0 Å². The second-order valence-corrected chi connectivity index (χ2v) is 10.2. The number of carbonyl (C=O) groups excluding carboxylic acids is 1. The van der Waals surface area contributed by atoms with Crippen molar-refractivity contribution in [1.82, 2.24) is 0 Å². The molecule has 4 fully saturated rings. The molecule has 5 aliphatic rings. The largest absolute Gasteiger partial charge is 0.393 e. The minimum Gasteiger partial charge on any atom is -0.393 e. The van der Waals surface area contributed by atoms with Crippen LogP contribution in [-0.2, 0) is 4.79 Å². The first-order valence-corrected chi connectivity index (χ1v) is 10.4. The monoisotopic (exact) mass is 328 g/mol. The highest BCUT2D eigenvalue weighted by molar-refractivity contribution is 5.91. The molecule has 0 aromatic carbocycles. The molecule has 7 atom stereocenters. The molecule has 0 aromatic heterocycles. The maximum atomic E-state index is 12.2. The maximum Gasteiger partial charge on any atom is 0.155 e. The molecule has 2 nitrogen and oxygen atoms in total. The van der Waals surface area contributed by atoms with Crippen molar-refractivity contribution in [2.24, 2.45) is 40.4 Å². The molecule has 0 aromatic rings. The Hall–Kier alpha value is -0.630. The highest BCUT2D eigenvalue weighted by Crippen LogP contribution is 2.68. The molecule has 0 heterocycles. The molecule has 0 amide bonds. The van der Waals surface area contributed by atoms with E-state index in [0.29, 0.717) is 17.6 Å². The van der Waals surface area contributed by atoms with Gasteiger partial charge in [-0.2, -0.15) is 0 Å². The Morgan fingerprint density at radius 2 is 1.83 bits per heavy atom. The topological polar surface area (TPSA) is 37.3 Å². The van der Waals surface area contributed by atoms with Crippen LogP contribution in [0.3, 0.4) is 0 Å². The number of ketones is 1. The lowest BCUT2D eigenvalue weighted by molar-refractivity contribution is -0.119. The number of aliphatic hydroxyl groups is 1. The van der Waals surface area contributed by atoms with Gasteiger partial charge in [0.25, 0.3) is 0 Å². The summed E-state index contributed by atoms with van der Waals surface area (Å²) in [5.74, 6) is 4.13. The molecule has 0 radical (unpaired) electrons. The number of fused-ring (bicyclic) bond motifs is 5. The maximum absolute atomic E-state index is 12.2. The van der Waals surface area contributed by atoms with Gasteiger partial charge in [-0.3, -0.25) is 4.79 Å². The SMILES string of the molecule is C[C@]12CCC(=O)C=C1C(C1CC1)C[C@@H]1[C@@H]2CC[C@]2(C)C(O)CC[C@@H]12. The second-order valence-electron chi connectivity index (χ2n) is 10.2. The number of hydrogen-bond acceptors (Lipinski definition) is 2. The van der Waals surface area contributed by atoms with Gasteiger partial charge in [0.1, 0.15) is 0 Å². The van der Waals surface area contributed by atoms with Crippen molar-refractivity contribution < 1.29 is 9.90 Å². The Balaban J connectivity index is 1.56. The first-order valence-electron chi connectivity index (χ1n) is 10.4. The molecule has 5 rings (SSSR count). The van der Waals surface area contributed by atoms with Gasteiger partial charge in [-0.05, 0) is 97.9 Å².